The van der Waals surface area contributed by atoms with E-state index in [2.05, 4.69) is 12.2 Å². The van der Waals surface area contributed by atoms with Gasteiger partial charge in [-0.1, -0.05) is 13.3 Å². The molecule has 14 heavy (non-hydrogen) atoms. The summed E-state index contributed by atoms with van der Waals surface area (Å²) >= 11 is 0. The lowest BCUT2D eigenvalue weighted by molar-refractivity contribution is -0.130. The molecule has 1 rings (SSSR count). The molecule has 1 aliphatic rings. The van der Waals surface area contributed by atoms with Crippen molar-refractivity contribution in [2.75, 3.05) is 26.7 Å². The fraction of sp³-hybridized carbons (Fsp3) is 0.909. The van der Waals surface area contributed by atoms with Gasteiger partial charge < -0.3 is 10.2 Å². The molecule has 1 heterocycles. The Balaban J connectivity index is 2.39. The van der Waals surface area contributed by atoms with Crippen molar-refractivity contribution in [3.8, 4) is 0 Å². The molecule has 0 bridgehead atoms. The number of hydrogen-bond donors (Lipinski definition) is 1. The average Bonchev–Trinajstić information content (AvgIpc) is 2.38. The summed E-state index contributed by atoms with van der Waals surface area (Å²) in [6.45, 7) is 4.95. The number of carbonyl (C=O) groups excluding carboxylic acids is 1. The summed E-state index contributed by atoms with van der Waals surface area (Å²) in [5.74, 6) is 1.11. The van der Waals surface area contributed by atoms with Crippen LogP contribution in [0.2, 0.25) is 0 Å². The Morgan fingerprint density at radius 1 is 1.50 bits per heavy atom. The highest BCUT2D eigenvalue weighted by Crippen LogP contribution is 2.20. The zero-order valence-corrected chi connectivity index (χ0v) is 9.38. The van der Waals surface area contributed by atoms with Crippen LogP contribution in [0.15, 0.2) is 0 Å². The van der Waals surface area contributed by atoms with Crippen molar-refractivity contribution in [2.24, 2.45) is 5.92 Å². The summed E-state index contributed by atoms with van der Waals surface area (Å²) in [5.41, 5.74) is 0. The number of likely N-dealkylation sites (tertiary alicyclic amines) is 1. The normalized spacial score (nSPS) is 23.7. The highest BCUT2D eigenvalue weighted by atomic mass is 16.2. The van der Waals surface area contributed by atoms with Crippen molar-refractivity contribution in [1.82, 2.24) is 10.2 Å². The van der Waals surface area contributed by atoms with Gasteiger partial charge in [-0.25, -0.2) is 0 Å². The fourth-order valence-electron chi connectivity index (χ4n) is 1.98. The maximum Gasteiger partial charge on any atom is 0.222 e. The Morgan fingerprint density at radius 3 is 2.93 bits per heavy atom. The van der Waals surface area contributed by atoms with Crippen LogP contribution in [-0.4, -0.2) is 37.5 Å². The molecule has 1 N–H and O–H groups in total. The summed E-state index contributed by atoms with van der Waals surface area (Å²) in [4.78, 5) is 13.7. The molecule has 82 valence electrons. The zero-order valence-electron chi connectivity index (χ0n) is 9.38. The van der Waals surface area contributed by atoms with Gasteiger partial charge in [0.2, 0.25) is 5.91 Å². The first-order valence-corrected chi connectivity index (χ1v) is 5.70. The molecule has 1 amide bonds. The molecule has 0 aromatic heterocycles. The number of amides is 1. The summed E-state index contributed by atoms with van der Waals surface area (Å²) < 4.78 is 0. The van der Waals surface area contributed by atoms with E-state index in [1.54, 1.807) is 0 Å². The lowest BCUT2D eigenvalue weighted by Crippen LogP contribution is -2.35. The summed E-state index contributed by atoms with van der Waals surface area (Å²) in [7, 11) is 1.93. The second-order valence-corrected chi connectivity index (χ2v) is 4.09. The largest absolute Gasteiger partial charge is 0.341 e. The molecular weight excluding hydrogens is 176 g/mol. The van der Waals surface area contributed by atoms with Crippen LogP contribution < -0.4 is 5.32 Å². The van der Waals surface area contributed by atoms with Crippen LogP contribution in [0.1, 0.15) is 32.6 Å². The third-order valence-electron chi connectivity index (χ3n) is 3.14. The highest BCUT2D eigenvalue weighted by Gasteiger charge is 2.20. The van der Waals surface area contributed by atoms with Crippen LogP contribution >= 0.6 is 0 Å². The van der Waals surface area contributed by atoms with Gasteiger partial charge in [-0.05, 0) is 25.8 Å². The minimum Gasteiger partial charge on any atom is -0.341 e. The third-order valence-corrected chi connectivity index (χ3v) is 3.14. The standard InChI is InChI=1S/C11H22N2O/c1-3-10-4-5-11(14)13(8-6-10)9-7-12-2/h10,12H,3-9H2,1-2H3. The van der Waals surface area contributed by atoms with Crippen molar-refractivity contribution in [3.63, 3.8) is 0 Å². The molecule has 1 unspecified atom stereocenters. The van der Waals surface area contributed by atoms with Crippen LogP contribution in [0.4, 0.5) is 0 Å². The predicted molar refractivity (Wildman–Crippen MR) is 58.1 cm³/mol. The quantitative estimate of drug-likeness (QED) is 0.737. The molecule has 0 aliphatic carbocycles. The Kier molecular flexibility index (Phi) is 4.94. The van der Waals surface area contributed by atoms with Crippen molar-refractivity contribution in [1.29, 1.82) is 0 Å². The van der Waals surface area contributed by atoms with Crippen molar-refractivity contribution >= 4 is 5.91 Å². The summed E-state index contributed by atoms with van der Waals surface area (Å²) in [6, 6.07) is 0. The van der Waals surface area contributed by atoms with Crippen molar-refractivity contribution in [3.05, 3.63) is 0 Å². The maximum atomic E-state index is 11.7. The van der Waals surface area contributed by atoms with Crippen molar-refractivity contribution < 1.29 is 4.79 Å². The number of rotatable bonds is 4. The van der Waals surface area contributed by atoms with E-state index in [1.165, 1.54) is 12.8 Å². The van der Waals surface area contributed by atoms with E-state index < -0.39 is 0 Å². The monoisotopic (exact) mass is 198 g/mol. The second kappa shape index (κ2) is 6.02. The zero-order chi connectivity index (χ0) is 10.4. The minimum atomic E-state index is 0.344. The van der Waals surface area contributed by atoms with E-state index in [9.17, 15) is 4.79 Å². The van der Waals surface area contributed by atoms with E-state index in [0.717, 1.165) is 38.4 Å². The number of likely N-dealkylation sites (N-methyl/N-ethyl adjacent to an activating group) is 1. The van der Waals surface area contributed by atoms with Crippen LogP contribution in [0, 0.1) is 5.92 Å². The number of nitrogens with zero attached hydrogens (tertiary/aromatic N) is 1. The first-order chi connectivity index (χ1) is 6.77. The smallest absolute Gasteiger partial charge is 0.222 e. The van der Waals surface area contributed by atoms with Crippen molar-refractivity contribution in [2.45, 2.75) is 32.6 Å². The molecule has 3 nitrogen and oxygen atoms in total. The number of hydrogen-bond acceptors (Lipinski definition) is 2. The first kappa shape index (κ1) is 11.5. The SMILES string of the molecule is CCC1CCC(=O)N(CCNC)CC1. The number of carbonyl (C=O) groups is 1. The Morgan fingerprint density at radius 2 is 2.29 bits per heavy atom. The topological polar surface area (TPSA) is 32.3 Å². The molecule has 0 spiro atoms. The lowest BCUT2D eigenvalue weighted by atomic mass is 9.98. The maximum absolute atomic E-state index is 11.7. The molecule has 3 heteroatoms. The molecule has 0 radical (unpaired) electrons. The average molecular weight is 198 g/mol. The number of nitrogens with one attached hydrogen (secondary N) is 1. The van der Waals surface area contributed by atoms with E-state index in [1.807, 2.05) is 11.9 Å². The third kappa shape index (κ3) is 3.29. The Labute approximate surface area is 86.9 Å². The van der Waals surface area contributed by atoms with Gasteiger partial charge in [-0.15, -0.1) is 0 Å². The molecule has 1 fully saturated rings. The van der Waals surface area contributed by atoms with Gasteiger partial charge in [-0.3, -0.25) is 4.79 Å². The summed E-state index contributed by atoms with van der Waals surface area (Å²) in [6.07, 6.45) is 4.24. The molecule has 1 aliphatic heterocycles. The second-order valence-electron chi connectivity index (χ2n) is 4.09. The van der Waals surface area contributed by atoms with Crippen LogP contribution in [0.3, 0.4) is 0 Å². The fourth-order valence-corrected chi connectivity index (χ4v) is 1.98. The van der Waals surface area contributed by atoms with Crippen LogP contribution in [-0.2, 0) is 4.79 Å². The van der Waals surface area contributed by atoms with E-state index >= 15 is 0 Å². The molecule has 0 aromatic rings. The van der Waals surface area contributed by atoms with Gasteiger partial charge in [0.15, 0.2) is 0 Å². The highest BCUT2D eigenvalue weighted by molar-refractivity contribution is 5.76. The van der Waals surface area contributed by atoms with Gasteiger partial charge >= 0.3 is 0 Å². The minimum absolute atomic E-state index is 0.344. The van der Waals surface area contributed by atoms with Gasteiger partial charge in [-0.2, -0.15) is 0 Å². The van der Waals surface area contributed by atoms with Gasteiger partial charge in [0, 0.05) is 26.1 Å². The molecule has 0 saturated carbocycles. The lowest BCUT2D eigenvalue weighted by Gasteiger charge is -2.20. The van der Waals surface area contributed by atoms with Gasteiger partial charge in [0.1, 0.15) is 0 Å². The van der Waals surface area contributed by atoms with Gasteiger partial charge in [0.25, 0.3) is 0 Å². The molecule has 1 atom stereocenters. The van der Waals surface area contributed by atoms with E-state index in [4.69, 9.17) is 0 Å². The molecule has 0 aromatic carbocycles. The first-order valence-electron chi connectivity index (χ1n) is 5.70. The van der Waals surface area contributed by atoms with Crippen LogP contribution in [0.5, 0.6) is 0 Å². The summed E-state index contributed by atoms with van der Waals surface area (Å²) in [5, 5.41) is 3.09. The Bertz CT molecular complexity index is 182. The Hall–Kier alpha value is -0.570. The van der Waals surface area contributed by atoms with Gasteiger partial charge in [0.05, 0.1) is 0 Å². The van der Waals surface area contributed by atoms with Crippen LogP contribution in [0.25, 0.3) is 0 Å². The predicted octanol–water partition coefficient (Wildman–Crippen LogP) is 1.24. The molecule has 1 saturated heterocycles. The van der Waals surface area contributed by atoms with E-state index in [-0.39, 0.29) is 0 Å². The van der Waals surface area contributed by atoms with E-state index in [0.29, 0.717) is 5.91 Å². The molecular formula is C11H22N2O.